The maximum Gasteiger partial charge on any atom is 0.432 e. The lowest BCUT2D eigenvalue weighted by Crippen LogP contribution is -2.52. The molecule has 0 bridgehead atoms. The fraction of sp³-hybridized carbons (Fsp3) is 0.477. The lowest BCUT2D eigenvalue weighted by molar-refractivity contribution is -0.138. The number of nitrogens with zero attached hydrogens (tertiary/aromatic N) is 5. The third kappa shape index (κ3) is 9.54. The smallest absolute Gasteiger partial charge is 0.432 e. The van der Waals surface area contributed by atoms with Crippen molar-refractivity contribution in [2.24, 2.45) is 28.7 Å². The first-order valence-electron chi connectivity index (χ1n) is 20.4. The molecule has 1 saturated heterocycles. The van der Waals surface area contributed by atoms with Gasteiger partial charge in [0.2, 0.25) is 11.8 Å². The van der Waals surface area contributed by atoms with Crippen LogP contribution in [0.4, 0.5) is 9.59 Å². The second-order valence-corrected chi connectivity index (χ2v) is 18.1. The van der Waals surface area contributed by atoms with E-state index in [4.69, 9.17) is 14.7 Å². The molecule has 3 heterocycles. The maximum absolute atomic E-state index is 14.0. The van der Waals surface area contributed by atoms with Gasteiger partial charge < -0.3 is 34.6 Å². The second-order valence-electron chi connectivity index (χ2n) is 16.5. The second kappa shape index (κ2) is 18.8. The quantitative estimate of drug-likeness (QED) is 0.111. The van der Waals surface area contributed by atoms with Crippen LogP contribution >= 0.6 is 31.9 Å². The Labute approximate surface area is 368 Å². The fourth-order valence-corrected chi connectivity index (χ4v) is 8.99. The van der Waals surface area contributed by atoms with Crippen LogP contribution in [-0.4, -0.2) is 92.3 Å². The van der Waals surface area contributed by atoms with Crippen molar-refractivity contribution in [1.29, 1.82) is 0 Å². The Morgan fingerprint density at radius 1 is 0.833 bits per heavy atom. The Kier molecular flexibility index (Phi) is 14.0. The minimum absolute atomic E-state index is 0.0249. The van der Waals surface area contributed by atoms with Gasteiger partial charge in [0.1, 0.15) is 38.3 Å². The normalized spacial score (nSPS) is 20.3. The van der Waals surface area contributed by atoms with Crippen molar-refractivity contribution in [2.75, 3.05) is 14.2 Å². The molecule has 1 unspecified atom stereocenters. The number of carbonyl (C=O) groups excluding carboxylic acids is 4. The van der Waals surface area contributed by atoms with Crippen molar-refractivity contribution in [2.45, 2.75) is 97.9 Å². The number of aliphatic imine (C=N–C) groups is 1. The predicted octanol–water partition coefficient (Wildman–Crippen LogP) is 9.50. The van der Waals surface area contributed by atoms with Crippen molar-refractivity contribution in [3.63, 3.8) is 0 Å². The summed E-state index contributed by atoms with van der Waals surface area (Å²) in [5.74, 6) is 0.619. The number of aromatic amines is 2. The standard InChI is InChI=1S/C44H54Br2N8O6/c1-22(2)31(21-47-43(57)59-8)41(55)54(33-20-24(33)5)26(7)39-48-35(37(45)51-39)29-15-11-27(12-16-29)28-13-17-30(18-14-28)36-38(46)52-40(49-36)32-19-10-25(6)53(32)42(56)34(23(3)4)50-44(58)60-9/h11-18,21-26,31-34H,10,19-20H2,1-9H3,(H,48,51)(H,49,52)(H,50,58)/t24-,25+,26-,31?,32-,33+,34-/m0/s1. The summed E-state index contributed by atoms with van der Waals surface area (Å²) in [7, 11) is 2.55. The number of H-pyrrole nitrogens is 2. The van der Waals surface area contributed by atoms with Gasteiger partial charge in [-0.25, -0.2) is 19.6 Å². The molecule has 0 radical (unpaired) electrons. The van der Waals surface area contributed by atoms with Crippen LogP contribution in [0.3, 0.4) is 0 Å². The molecule has 320 valence electrons. The number of alkyl carbamates (subject to hydrolysis) is 1. The van der Waals surface area contributed by atoms with Gasteiger partial charge in [-0.3, -0.25) is 9.59 Å². The average Bonchev–Trinajstić information content (AvgIpc) is 3.49. The topological polar surface area (TPSA) is 175 Å². The molecule has 14 nitrogen and oxygen atoms in total. The van der Waals surface area contributed by atoms with Gasteiger partial charge in [-0.15, -0.1) is 0 Å². The minimum atomic E-state index is -0.737. The zero-order valence-corrected chi connectivity index (χ0v) is 38.6. The van der Waals surface area contributed by atoms with Gasteiger partial charge in [0, 0.05) is 29.4 Å². The van der Waals surface area contributed by atoms with Crippen LogP contribution in [0.1, 0.15) is 91.5 Å². The monoisotopic (exact) mass is 948 g/mol. The Morgan fingerprint density at radius 3 is 1.90 bits per heavy atom. The SMILES string of the molecule is COC(=O)N=CC(C(=O)N([C@@H]1C[C@@H]1C)[C@@H](C)c1nc(-c2ccc(-c3ccc(-c4nc([C@@H]5CC[C@@H](C)N5C(=O)[C@@H](NC(=O)OC)C(C)C)[nH]c4Br)cc3)cc2)c(Br)[nH]1)C(C)C. The summed E-state index contributed by atoms with van der Waals surface area (Å²) >= 11 is 7.37. The molecule has 2 aliphatic rings. The number of carbonyl (C=O) groups is 4. The molecule has 1 saturated carbocycles. The summed E-state index contributed by atoms with van der Waals surface area (Å²) in [6, 6.07) is 15.0. The van der Waals surface area contributed by atoms with E-state index < -0.39 is 24.1 Å². The highest BCUT2D eigenvalue weighted by Crippen LogP contribution is 2.42. The first kappa shape index (κ1) is 44.7. The molecule has 2 fully saturated rings. The van der Waals surface area contributed by atoms with E-state index >= 15 is 0 Å². The van der Waals surface area contributed by atoms with E-state index in [2.05, 4.69) is 88.1 Å². The van der Waals surface area contributed by atoms with Gasteiger partial charge in [-0.1, -0.05) is 83.1 Å². The molecule has 7 atom stereocenters. The van der Waals surface area contributed by atoms with Gasteiger partial charge in [-0.2, -0.15) is 4.99 Å². The number of ether oxygens (including phenoxy) is 2. The largest absolute Gasteiger partial charge is 0.453 e. The zero-order chi connectivity index (χ0) is 43.6. The molecule has 16 heteroatoms. The van der Waals surface area contributed by atoms with Gasteiger partial charge >= 0.3 is 12.2 Å². The van der Waals surface area contributed by atoms with Crippen LogP contribution in [0.15, 0.2) is 62.7 Å². The van der Waals surface area contributed by atoms with E-state index in [1.165, 1.54) is 20.4 Å². The number of benzene rings is 2. The number of nitrogens with one attached hydrogen (secondary N) is 3. The molecule has 2 aromatic carbocycles. The first-order chi connectivity index (χ1) is 28.5. The number of hydrogen-bond acceptors (Lipinski definition) is 8. The van der Waals surface area contributed by atoms with Crippen molar-refractivity contribution in [1.82, 2.24) is 35.1 Å². The molecule has 1 aliphatic heterocycles. The highest BCUT2D eigenvalue weighted by atomic mass is 79.9. The predicted molar refractivity (Wildman–Crippen MR) is 237 cm³/mol. The summed E-state index contributed by atoms with van der Waals surface area (Å²) in [6.07, 6.45) is 2.48. The van der Waals surface area contributed by atoms with Crippen LogP contribution in [-0.2, 0) is 19.1 Å². The number of methoxy groups -OCH3 is 2. The number of amides is 4. The number of likely N-dealkylation sites (tertiary alicyclic amines) is 1. The van der Waals surface area contributed by atoms with E-state index in [0.29, 0.717) is 22.2 Å². The van der Waals surface area contributed by atoms with Crippen LogP contribution < -0.4 is 5.32 Å². The molecule has 4 aromatic rings. The Balaban J connectivity index is 1.17. The van der Waals surface area contributed by atoms with Crippen molar-refractivity contribution in [3.05, 3.63) is 69.4 Å². The van der Waals surface area contributed by atoms with Gasteiger partial charge in [0.15, 0.2) is 0 Å². The Morgan fingerprint density at radius 2 is 1.38 bits per heavy atom. The summed E-state index contributed by atoms with van der Waals surface area (Å²) < 4.78 is 10.9. The van der Waals surface area contributed by atoms with Crippen LogP contribution in [0.2, 0.25) is 0 Å². The maximum atomic E-state index is 14.0. The van der Waals surface area contributed by atoms with Gasteiger partial charge in [0.25, 0.3) is 0 Å². The zero-order valence-electron chi connectivity index (χ0n) is 35.5. The molecule has 60 heavy (non-hydrogen) atoms. The number of hydrogen-bond donors (Lipinski definition) is 3. The number of aromatic nitrogens is 4. The highest BCUT2D eigenvalue weighted by Gasteiger charge is 2.46. The lowest BCUT2D eigenvalue weighted by Gasteiger charge is -2.32. The van der Waals surface area contributed by atoms with Crippen LogP contribution in [0.5, 0.6) is 0 Å². The van der Waals surface area contributed by atoms with E-state index in [1.807, 2.05) is 75.6 Å². The summed E-state index contributed by atoms with van der Waals surface area (Å²) in [5, 5.41) is 2.72. The number of rotatable bonds is 13. The Hall–Kier alpha value is -4.83. The Bertz CT molecular complexity index is 2220. The van der Waals surface area contributed by atoms with E-state index in [0.717, 1.165) is 57.5 Å². The van der Waals surface area contributed by atoms with E-state index in [-0.39, 0.29) is 47.8 Å². The van der Waals surface area contributed by atoms with E-state index in [1.54, 1.807) is 0 Å². The third-order valence-electron chi connectivity index (χ3n) is 11.6. The van der Waals surface area contributed by atoms with Crippen molar-refractivity contribution in [3.8, 4) is 33.6 Å². The molecule has 0 spiro atoms. The highest BCUT2D eigenvalue weighted by molar-refractivity contribution is 9.10. The molecular weight excluding hydrogens is 896 g/mol. The van der Waals surface area contributed by atoms with Crippen molar-refractivity contribution >= 4 is 62.1 Å². The number of imidazole rings is 2. The average molecular weight is 951 g/mol. The lowest BCUT2D eigenvalue weighted by atomic mass is 9.94. The summed E-state index contributed by atoms with van der Waals surface area (Å²) in [4.78, 5) is 76.1. The molecule has 3 N–H and O–H groups in total. The molecule has 1 aliphatic carbocycles. The summed E-state index contributed by atoms with van der Waals surface area (Å²) in [5.41, 5.74) is 5.34. The van der Waals surface area contributed by atoms with Crippen LogP contribution in [0, 0.1) is 23.7 Å². The third-order valence-corrected chi connectivity index (χ3v) is 12.8. The molecule has 6 rings (SSSR count). The van der Waals surface area contributed by atoms with Gasteiger partial charge in [-0.05, 0) is 93.9 Å². The first-order valence-corrected chi connectivity index (χ1v) is 22.0. The number of halogens is 2. The molecule has 4 amide bonds. The minimum Gasteiger partial charge on any atom is -0.453 e. The molecule has 2 aromatic heterocycles. The van der Waals surface area contributed by atoms with E-state index in [9.17, 15) is 19.2 Å². The fourth-order valence-electron chi connectivity index (χ4n) is 7.95. The van der Waals surface area contributed by atoms with Crippen LogP contribution in [0.25, 0.3) is 33.6 Å². The summed E-state index contributed by atoms with van der Waals surface area (Å²) in [6.45, 7) is 13.8. The van der Waals surface area contributed by atoms with Gasteiger partial charge in [0.05, 0.1) is 32.2 Å². The van der Waals surface area contributed by atoms with Crippen molar-refractivity contribution < 1.29 is 28.7 Å². The molecular formula is C44H54Br2N8O6.